The van der Waals surface area contributed by atoms with Crippen LogP contribution in [-0.4, -0.2) is 12.1 Å². The number of ether oxygens (including phenoxy) is 1. The molecule has 0 bridgehead atoms. The van der Waals surface area contributed by atoms with Crippen LogP contribution in [0.5, 0.6) is 0 Å². The quantitative estimate of drug-likeness (QED) is 0.628. The van der Waals surface area contributed by atoms with Crippen LogP contribution < -0.4 is 5.73 Å². The van der Waals surface area contributed by atoms with Gasteiger partial charge in [0.25, 0.3) is 0 Å². The summed E-state index contributed by atoms with van der Waals surface area (Å²) in [6, 6.07) is 5.39. The maximum absolute atomic E-state index is 11.8. The van der Waals surface area contributed by atoms with Crippen LogP contribution >= 0.6 is 0 Å². The minimum absolute atomic E-state index is 0.0580. The molecule has 0 saturated heterocycles. The molecule has 0 fully saturated rings. The van der Waals surface area contributed by atoms with Gasteiger partial charge in [0, 0.05) is 5.69 Å². The molecule has 0 radical (unpaired) electrons. The van der Waals surface area contributed by atoms with Crippen molar-refractivity contribution in [1.29, 1.82) is 0 Å². The second-order valence-corrected chi connectivity index (χ2v) is 4.04. The summed E-state index contributed by atoms with van der Waals surface area (Å²) in [5.74, 6) is -0.331. The molecule has 0 spiro atoms. The molecule has 3 heteroatoms. The van der Waals surface area contributed by atoms with E-state index in [1.54, 1.807) is 6.07 Å². The van der Waals surface area contributed by atoms with Crippen LogP contribution in [0, 0.1) is 6.92 Å². The number of esters is 1. The van der Waals surface area contributed by atoms with Gasteiger partial charge in [0.15, 0.2) is 0 Å². The highest BCUT2D eigenvalue weighted by Crippen LogP contribution is 2.18. The van der Waals surface area contributed by atoms with E-state index in [1.807, 2.05) is 26.0 Å². The van der Waals surface area contributed by atoms with E-state index in [0.717, 1.165) is 18.4 Å². The molecule has 1 rings (SSSR count). The number of anilines is 1. The molecule has 16 heavy (non-hydrogen) atoms. The van der Waals surface area contributed by atoms with Gasteiger partial charge in [0.1, 0.15) is 0 Å². The Morgan fingerprint density at radius 3 is 2.81 bits per heavy atom. The summed E-state index contributed by atoms with van der Waals surface area (Å²) in [6.45, 7) is 5.83. The summed E-state index contributed by atoms with van der Waals surface area (Å²) in [6.07, 6.45) is 1.81. The van der Waals surface area contributed by atoms with Crippen LogP contribution in [0.25, 0.3) is 0 Å². The Morgan fingerprint density at radius 1 is 1.50 bits per heavy atom. The van der Waals surface area contributed by atoms with Crippen LogP contribution in [0.1, 0.15) is 42.6 Å². The molecule has 1 aromatic carbocycles. The SMILES string of the molecule is CCCC(C)OC(=O)c1cccc(C)c1N. The van der Waals surface area contributed by atoms with Gasteiger partial charge in [-0.3, -0.25) is 0 Å². The second kappa shape index (κ2) is 5.54. The number of benzene rings is 1. The van der Waals surface area contributed by atoms with Gasteiger partial charge in [0.05, 0.1) is 11.7 Å². The number of rotatable bonds is 4. The molecule has 0 aliphatic rings. The lowest BCUT2D eigenvalue weighted by Crippen LogP contribution is -2.16. The predicted molar refractivity (Wildman–Crippen MR) is 65.4 cm³/mol. The predicted octanol–water partition coefficient (Wildman–Crippen LogP) is 2.92. The molecule has 0 aliphatic heterocycles. The van der Waals surface area contributed by atoms with E-state index in [2.05, 4.69) is 6.92 Å². The average molecular weight is 221 g/mol. The summed E-state index contributed by atoms with van der Waals surface area (Å²) in [4.78, 5) is 11.8. The zero-order chi connectivity index (χ0) is 12.1. The lowest BCUT2D eigenvalue weighted by molar-refractivity contribution is 0.0324. The van der Waals surface area contributed by atoms with E-state index in [1.165, 1.54) is 0 Å². The van der Waals surface area contributed by atoms with E-state index >= 15 is 0 Å². The fourth-order valence-electron chi connectivity index (χ4n) is 1.57. The van der Waals surface area contributed by atoms with Gasteiger partial charge in [0.2, 0.25) is 0 Å². The van der Waals surface area contributed by atoms with E-state index in [-0.39, 0.29) is 12.1 Å². The van der Waals surface area contributed by atoms with Crippen LogP contribution in [0.15, 0.2) is 18.2 Å². The van der Waals surface area contributed by atoms with Crippen LogP contribution in [-0.2, 0) is 4.74 Å². The van der Waals surface area contributed by atoms with Crippen molar-refractivity contribution < 1.29 is 9.53 Å². The Kier molecular flexibility index (Phi) is 4.35. The molecular weight excluding hydrogens is 202 g/mol. The molecule has 0 amide bonds. The molecule has 0 saturated carbocycles. The maximum atomic E-state index is 11.8. The molecule has 3 nitrogen and oxygen atoms in total. The third kappa shape index (κ3) is 2.99. The summed E-state index contributed by atoms with van der Waals surface area (Å²) in [7, 11) is 0. The second-order valence-electron chi connectivity index (χ2n) is 4.04. The molecule has 88 valence electrons. The molecule has 0 aromatic heterocycles. The van der Waals surface area contributed by atoms with Crippen molar-refractivity contribution >= 4 is 11.7 Å². The number of aryl methyl sites for hydroxylation is 1. The number of hydrogen-bond donors (Lipinski definition) is 1. The van der Waals surface area contributed by atoms with Crippen LogP contribution in [0.2, 0.25) is 0 Å². The third-order valence-corrected chi connectivity index (χ3v) is 2.55. The standard InChI is InChI=1S/C13H19NO2/c1-4-6-10(3)16-13(15)11-8-5-7-9(2)12(11)14/h5,7-8,10H,4,6,14H2,1-3H3. The van der Waals surface area contributed by atoms with Crippen LogP contribution in [0.3, 0.4) is 0 Å². The number of carbonyl (C=O) groups excluding carboxylic acids is 1. The highest BCUT2D eigenvalue weighted by Gasteiger charge is 2.14. The van der Waals surface area contributed by atoms with Gasteiger partial charge in [-0.25, -0.2) is 4.79 Å². The van der Waals surface area contributed by atoms with Crippen molar-refractivity contribution in [2.45, 2.75) is 39.7 Å². The Labute approximate surface area is 96.6 Å². The van der Waals surface area contributed by atoms with Gasteiger partial charge in [-0.05, 0) is 31.9 Å². The number of nitrogen functional groups attached to an aromatic ring is 1. The minimum atomic E-state index is -0.331. The van der Waals surface area contributed by atoms with E-state index in [9.17, 15) is 4.79 Å². The van der Waals surface area contributed by atoms with E-state index in [4.69, 9.17) is 10.5 Å². The highest BCUT2D eigenvalue weighted by atomic mass is 16.5. The summed E-state index contributed by atoms with van der Waals surface area (Å²) in [5.41, 5.74) is 7.70. The smallest absolute Gasteiger partial charge is 0.340 e. The minimum Gasteiger partial charge on any atom is -0.459 e. The molecule has 1 atom stereocenters. The van der Waals surface area contributed by atoms with Gasteiger partial charge in [-0.1, -0.05) is 25.5 Å². The Morgan fingerprint density at radius 2 is 2.19 bits per heavy atom. The monoisotopic (exact) mass is 221 g/mol. The van der Waals surface area contributed by atoms with Crippen molar-refractivity contribution in [1.82, 2.24) is 0 Å². The number of hydrogen-bond acceptors (Lipinski definition) is 3. The first-order chi connectivity index (χ1) is 7.56. The molecule has 2 N–H and O–H groups in total. The van der Waals surface area contributed by atoms with Crippen molar-refractivity contribution in [2.24, 2.45) is 0 Å². The largest absolute Gasteiger partial charge is 0.459 e. The summed E-state index contributed by atoms with van der Waals surface area (Å²) >= 11 is 0. The molecule has 1 aromatic rings. The first kappa shape index (κ1) is 12.6. The molecule has 0 heterocycles. The summed E-state index contributed by atoms with van der Waals surface area (Å²) < 4.78 is 5.29. The average Bonchev–Trinajstić information content (AvgIpc) is 2.22. The number of carbonyl (C=O) groups is 1. The zero-order valence-corrected chi connectivity index (χ0v) is 10.1. The lowest BCUT2D eigenvalue weighted by Gasteiger charge is -2.13. The number of para-hydroxylation sites is 1. The normalized spacial score (nSPS) is 12.2. The zero-order valence-electron chi connectivity index (χ0n) is 10.1. The van der Waals surface area contributed by atoms with Gasteiger partial charge in [-0.2, -0.15) is 0 Å². The first-order valence-corrected chi connectivity index (χ1v) is 5.62. The van der Waals surface area contributed by atoms with Crippen molar-refractivity contribution in [3.8, 4) is 0 Å². The molecule has 1 unspecified atom stereocenters. The van der Waals surface area contributed by atoms with E-state index in [0.29, 0.717) is 11.3 Å². The van der Waals surface area contributed by atoms with Crippen LogP contribution in [0.4, 0.5) is 5.69 Å². The molecule has 0 aliphatic carbocycles. The topological polar surface area (TPSA) is 52.3 Å². The Balaban J connectivity index is 2.77. The Hall–Kier alpha value is -1.51. The highest BCUT2D eigenvalue weighted by molar-refractivity contribution is 5.95. The maximum Gasteiger partial charge on any atom is 0.340 e. The fraction of sp³-hybridized carbons (Fsp3) is 0.462. The van der Waals surface area contributed by atoms with Gasteiger partial charge in [-0.15, -0.1) is 0 Å². The first-order valence-electron chi connectivity index (χ1n) is 5.62. The fourth-order valence-corrected chi connectivity index (χ4v) is 1.57. The van der Waals surface area contributed by atoms with Crippen molar-refractivity contribution in [2.75, 3.05) is 5.73 Å². The van der Waals surface area contributed by atoms with Gasteiger partial charge < -0.3 is 10.5 Å². The number of nitrogens with two attached hydrogens (primary N) is 1. The van der Waals surface area contributed by atoms with Gasteiger partial charge >= 0.3 is 5.97 Å². The summed E-state index contributed by atoms with van der Waals surface area (Å²) in [5, 5.41) is 0. The van der Waals surface area contributed by atoms with Crippen molar-refractivity contribution in [3.63, 3.8) is 0 Å². The third-order valence-electron chi connectivity index (χ3n) is 2.55. The Bertz CT molecular complexity index is 374. The van der Waals surface area contributed by atoms with Crippen molar-refractivity contribution in [3.05, 3.63) is 29.3 Å². The van der Waals surface area contributed by atoms with E-state index < -0.39 is 0 Å². The lowest BCUT2D eigenvalue weighted by atomic mass is 10.1. The molecular formula is C13H19NO2.